The number of hydrogen-bond acceptors (Lipinski definition) is 5. The summed E-state index contributed by atoms with van der Waals surface area (Å²) in [5.41, 5.74) is -4.05. The van der Waals surface area contributed by atoms with Gasteiger partial charge in [-0.3, -0.25) is 14.4 Å². The van der Waals surface area contributed by atoms with Crippen LogP contribution in [0.25, 0.3) is 0 Å². The Kier molecular flexibility index (Phi) is 4.44. The Morgan fingerprint density at radius 1 is 1.14 bits per heavy atom. The highest BCUT2D eigenvalue weighted by atomic mass is 19.1. The molecule has 0 spiro atoms. The first-order valence-electron chi connectivity index (χ1n) is 10.7. The minimum Gasteiger partial charge on any atom is -0.451 e. The molecule has 0 heterocycles. The lowest BCUT2D eigenvalue weighted by molar-refractivity contribution is -0.231. The van der Waals surface area contributed by atoms with Gasteiger partial charge in [0.15, 0.2) is 17.2 Å². The van der Waals surface area contributed by atoms with Crippen molar-refractivity contribution in [1.82, 2.24) is 0 Å². The summed E-state index contributed by atoms with van der Waals surface area (Å²) < 4.78 is 22.6. The summed E-state index contributed by atoms with van der Waals surface area (Å²) in [7, 11) is 0. The molecule has 0 amide bonds. The number of rotatable bonds is 2. The zero-order valence-electron chi connectivity index (χ0n) is 17.7. The van der Waals surface area contributed by atoms with Gasteiger partial charge in [-0.25, -0.2) is 4.39 Å². The van der Waals surface area contributed by atoms with Crippen LogP contribution in [0.5, 0.6) is 0 Å². The van der Waals surface area contributed by atoms with Gasteiger partial charge in [-0.15, -0.1) is 0 Å². The number of carbonyl (C=O) groups is 3. The van der Waals surface area contributed by atoms with Crippen LogP contribution in [-0.2, 0) is 19.1 Å². The summed E-state index contributed by atoms with van der Waals surface area (Å²) in [6.45, 7) is 6.45. The van der Waals surface area contributed by atoms with E-state index in [2.05, 4.69) is 0 Å². The second-order valence-electron chi connectivity index (χ2n) is 10.1. The monoisotopic (exact) mass is 406 g/mol. The van der Waals surface area contributed by atoms with Gasteiger partial charge < -0.3 is 9.84 Å². The number of esters is 1. The number of carbonyl (C=O) groups excluding carboxylic acids is 3. The number of halogens is 1. The minimum absolute atomic E-state index is 0.0287. The summed E-state index contributed by atoms with van der Waals surface area (Å²) >= 11 is 0. The fourth-order valence-corrected chi connectivity index (χ4v) is 7.62. The molecule has 6 heteroatoms. The third kappa shape index (κ3) is 2.38. The van der Waals surface area contributed by atoms with Gasteiger partial charge in [-0.1, -0.05) is 19.4 Å². The van der Waals surface area contributed by atoms with Crippen LogP contribution in [0.1, 0.15) is 72.6 Å². The maximum absolute atomic E-state index is 17.0. The van der Waals surface area contributed by atoms with Gasteiger partial charge in [-0.2, -0.15) is 0 Å². The summed E-state index contributed by atoms with van der Waals surface area (Å²) in [6, 6.07) is 0. The van der Waals surface area contributed by atoms with Crippen LogP contribution < -0.4 is 0 Å². The summed E-state index contributed by atoms with van der Waals surface area (Å²) in [5, 5.41) is 11.3. The summed E-state index contributed by atoms with van der Waals surface area (Å²) in [4.78, 5) is 36.6. The first-order chi connectivity index (χ1) is 13.4. The van der Waals surface area contributed by atoms with E-state index in [1.807, 2.05) is 13.8 Å². The molecule has 1 N–H and O–H groups in total. The van der Waals surface area contributed by atoms with Crippen molar-refractivity contribution < 1.29 is 28.6 Å². The van der Waals surface area contributed by atoms with E-state index in [1.54, 1.807) is 6.08 Å². The average molecular weight is 406 g/mol. The molecule has 0 radical (unpaired) electrons. The van der Waals surface area contributed by atoms with Gasteiger partial charge in [0.2, 0.25) is 0 Å². The second-order valence-corrected chi connectivity index (χ2v) is 10.1. The third-order valence-corrected chi connectivity index (χ3v) is 9.05. The first kappa shape index (κ1) is 20.7. The molecule has 5 nitrogen and oxygen atoms in total. The average Bonchev–Trinajstić information content (AvgIpc) is 2.90. The standard InChI is InChI=1S/C23H31FO5/c1-13(25)22(29-14(2)26)10-8-17-18-6-5-15-11-16(27)7-9-20(15,3)23(18,24)19(28)12-21(17,22)4/h11,17-19,28H,5-10,12H2,1-4H3/t17-,18+,19-,20-,21-,22-,23+/m0/s1. The Morgan fingerprint density at radius 3 is 2.45 bits per heavy atom. The third-order valence-electron chi connectivity index (χ3n) is 9.05. The van der Waals surface area contributed by atoms with Gasteiger partial charge in [0.25, 0.3) is 0 Å². The Balaban J connectivity index is 1.81. The van der Waals surface area contributed by atoms with E-state index in [0.717, 1.165) is 5.57 Å². The number of allylic oxidation sites excluding steroid dienone is 1. The number of alkyl halides is 1. The van der Waals surface area contributed by atoms with E-state index in [0.29, 0.717) is 32.1 Å². The predicted octanol–water partition coefficient (Wildman–Crippen LogP) is 3.47. The Labute approximate surface area is 171 Å². The molecule has 0 bridgehead atoms. The van der Waals surface area contributed by atoms with E-state index < -0.39 is 40.1 Å². The lowest BCUT2D eigenvalue weighted by Crippen LogP contribution is -2.69. The molecule has 0 aromatic carbocycles. The van der Waals surface area contributed by atoms with Gasteiger partial charge in [0.05, 0.1) is 6.10 Å². The SMILES string of the molecule is CC(=O)O[C@]1(C(C)=O)CC[C@H]2[C@H]3CCC4=CC(=O)CC[C@]4(C)[C@]3(F)[C@@H](O)C[C@@]21C. The molecule has 29 heavy (non-hydrogen) atoms. The second kappa shape index (κ2) is 6.22. The smallest absolute Gasteiger partial charge is 0.303 e. The quantitative estimate of drug-likeness (QED) is 0.710. The van der Waals surface area contributed by atoms with Crippen molar-refractivity contribution in [3.05, 3.63) is 11.6 Å². The number of ketones is 2. The Bertz CT molecular complexity index is 820. The fourth-order valence-electron chi connectivity index (χ4n) is 7.62. The fraction of sp³-hybridized carbons (Fsp3) is 0.783. The normalized spacial score (nSPS) is 48.8. The van der Waals surface area contributed by atoms with E-state index in [1.165, 1.54) is 13.8 Å². The van der Waals surface area contributed by atoms with Crippen LogP contribution in [-0.4, -0.2) is 40.0 Å². The number of fused-ring (bicyclic) bond motifs is 5. The largest absolute Gasteiger partial charge is 0.451 e. The molecule has 0 saturated heterocycles. The predicted molar refractivity (Wildman–Crippen MR) is 104 cm³/mol. The van der Waals surface area contributed by atoms with Gasteiger partial charge in [0, 0.05) is 30.1 Å². The topological polar surface area (TPSA) is 80.7 Å². The van der Waals surface area contributed by atoms with E-state index in [9.17, 15) is 19.5 Å². The zero-order chi connectivity index (χ0) is 21.4. The van der Waals surface area contributed by atoms with Crippen LogP contribution in [0.15, 0.2) is 11.6 Å². The van der Waals surface area contributed by atoms with Crippen molar-refractivity contribution in [2.45, 2.75) is 90.0 Å². The molecule has 0 aliphatic heterocycles. The Hall–Kier alpha value is -1.56. The minimum atomic E-state index is -1.86. The van der Waals surface area contributed by atoms with Crippen LogP contribution in [0.4, 0.5) is 4.39 Å². The molecule has 0 aromatic rings. The van der Waals surface area contributed by atoms with Gasteiger partial charge in [-0.05, 0) is 57.4 Å². The molecule has 0 aromatic heterocycles. The maximum atomic E-state index is 17.0. The van der Waals surface area contributed by atoms with Crippen LogP contribution in [0.3, 0.4) is 0 Å². The molecule has 160 valence electrons. The molecular formula is C23H31FO5. The highest BCUT2D eigenvalue weighted by molar-refractivity contribution is 5.92. The number of aliphatic hydroxyl groups excluding tert-OH is 1. The molecule has 0 unspecified atom stereocenters. The van der Waals surface area contributed by atoms with Crippen LogP contribution in [0, 0.1) is 22.7 Å². The van der Waals surface area contributed by atoms with Crippen molar-refractivity contribution in [2.75, 3.05) is 0 Å². The molecule has 3 saturated carbocycles. The Morgan fingerprint density at radius 2 is 1.83 bits per heavy atom. The molecule has 4 aliphatic carbocycles. The van der Waals surface area contributed by atoms with Crippen molar-refractivity contribution in [2.24, 2.45) is 22.7 Å². The van der Waals surface area contributed by atoms with Gasteiger partial charge >= 0.3 is 5.97 Å². The molecule has 3 fully saturated rings. The van der Waals surface area contributed by atoms with E-state index in [-0.39, 0.29) is 30.3 Å². The van der Waals surface area contributed by atoms with E-state index >= 15 is 4.39 Å². The maximum Gasteiger partial charge on any atom is 0.303 e. The highest BCUT2D eigenvalue weighted by Gasteiger charge is 2.75. The number of hydrogen-bond donors (Lipinski definition) is 1. The van der Waals surface area contributed by atoms with Crippen LogP contribution in [0.2, 0.25) is 0 Å². The van der Waals surface area contributed by atoms with Crippen molar-refractivity contribution in [1.29, 1.82) is 0 Å². The first-order valence-corrected chi connectivity index (χ1v) is 10.7. The molecule has 4 rings (SSSR count). The number of aliphatic hydroxyl groups is 1. The van der Waals surface area contributed by atoms with Crippen molar-refractivity contribution >= 4 is 17.5 Å². The number of ether oxygens (including phenoxy) is 1. The summed E-state index contributed by atoms with van der Waals surface area (Å²) in [6.07, 6.45) is 3.15. The summed E-state index contributed by atoms with van der Waals surface area (Å²) in [5.74, 6) is -1.35. The lowest BCUT2D eigenvalue weighted by Gasteiger charge is -2.63. The van der Waals surface area contributed by atoms with Crippen molar-refractivity contribution in [3.63, 3.8) is 0 Å². The van der Waals surface area contributed by atoms with Gasteiger partial charge in [0.1, 0.15) is 5.67 Å². The highest BCUT2D eigenvalue weighted by Crippen LogP contribution is 2.70. The zero-order valence-corrected chi connectivity index (χ0v) is 17.7. The molecular weight excluding hydrogens is 375 g/mol. The molecule has 4 aliphatic rings. The van der Waals surface area contributed by atoms with E-state index in [4.69, 9.17) is 4.74 Å². The number of Topliss-reactive ketones (excluding diaryl/α,β-unsaturated/α-hetero) is 1. The molecule has 7 atom stereocenters. The van der Waals surface area contributed by atoms with Crippen molar-refractivity contribution in [3.8, 4) is 0 Å². The lowest BCUT2D eigenvalue weighted by atomic mass is 9.44. The van der Waals surface area contributed by atoms with Crippen LogP contribution >= 0.6 is 0 Å².